The third-order valence-corrected chi connectivity index (χ3v) is 4.67. The molecule has 1 aliphatic carbocycles. The lowest BCUT2D eigenvalue weighted by Crippen LogP contribution is -2.45. The van der Waals surface area contributed by atoms with Crippen molar-refractivity contribution in [3.63, 3.8) is 0 Å². The van der Waals surface area contributed by atoms with Crippen molar-refractivity contribution in [1.29, 1.82) is 0 Å². The smallest absolute Gasteiger partial charge is 0.320 e. The van der Waals surface area contributed by atoms with E-state index in [4.69, 9.17) is 0 Å². The Labute approximate surface area is 147 Å². The van der Waals surface area contributed by atoms with Gasteiger partial charge in [-0.2, -0.15) is 5.10 Å². The van der Waals surface area contributed by atoms with Crippen LogP contribution in [0.25, 0.3) is 0 Å². The summed E-state index contributed by atoms with van der Waals surface area (Å²) < 4.78 is 1.79. The average Bonchev–Trinajstić information content (AvgIpc) is 3.08. The largest absolute Gasteiger partial charge is 0.396 e. The zero-order valence-electron chi connectivity index (χ0n) is 14.3. The number of rotatable bonds is 6. The van der Waals surface area contributed by atoms with Gasteiger partial charge in [0, 0.05) is 55.7 Å². The van der Waals surface area contributed by atoms with Gasteiger partial charge in [-0.05, 0) is 25.0 Å². The van der Waals surface area contributed by atoms with Gasteiger partial charge in [-0.3, -0.25) is 15.0 Å². The Kier molecular flexibility index (Phi) is 6.00. The molecule has 1 saturated carbocycles. The van der Waals surface area contributed by atoms with Crippen LogP contribution in [0.15, 0.2) is 36.7 Å². The number of anilines is 1. The number of carbonyl (C=O) groups is 1. The summed E-state index contributed by atoms with van der Waals surface area (Å²) in [6.45, 7) is 0.822. The fraction of sp³-hybridized carbons (Fsp3) is 0.500. The van der Waals surface area contributed by atoms with Gasteiger partial charge in [0.25, 0.3) is 0 Å². The van der Waals surface area contributed by atoms with Crippen molar-refractivity contribution in [3.8, 4) is 0 Å². The summed E-state index contributed by atoms with van der Waals surface area (Å²) in [5.41, 5.74) is 1.01. The second kappa shape index (κ2) is 8.62. The van der Waals surface area contributed by atoms with E-state index in [-0.39, 0.29) is 24.6 Å². The van der Waals surface area contributed by atoms with Crippen molar-refractivity contribution in [1.82, 2.24) is 20.1 Å². The predicted octanol–water partition coefficient (Wildman–Crippen LogP) is 2.19. The molecule has 0 spiro atoms. The minimum atomic E-state index is -0.264. The minimum Gasteiger partial charge on any atom is -0.396 e. The van der Waals surface area contributed by atoms with Gasteiger partial charge < -0.3 is 10.4 Å². The van der Waals surface area contributed by atoms with Gasteiger partial charge in [-0.15, -0.1) is 0 Å². The molecular formula is C18H25N5O2. The maximum absolute atomic E-state index is 12.2. The molecular weight excluding hydrogens is 318 g/mol. The highest BCUT2D eigenvalue weighted by molar-refractivity contribution is 5.88. The summed E-state index contributed by atoms with van der Waals surface area (Å²) in [7, 11) is 0. The average molecular weight is 343 g/mol. The molecule has 1 aliphatic rings. The highest BCUT2D eigenvalue weighted by Crippen LogP contribution is 2.24. The van der Waals surface area contributed by atoms with Gasteiger partial charge in [0.05, 0.1) is 0 Å². The first-order valence-electron chi connectivity index (χ1n) is 8.86. The van der Waals surface area contributed by atoms with Gasteiger partial charge >= 0.3 is 6.03 Å². The molecule has 0 radical (unpaired) electrons. The van der Waals surface area contributed by atoms with Crippen LogP contribution in [0.1, 0.15) is 31.4 Å². The van der Waals surface area contributed by atoms with E-state index in [1.54, 1.807) is 16.9 Å². The minimum absolute atomic E-state index is 0.0324. The van der Waals surface area contributed by atoms with Gasteiger partial charge in [0.15, 0.2) is 5.82 Å². The molecule has 2 amide bonds. The lowest BCUT2D eigenvalue weighted by atomic mass is 9.85. The monoisotopic (exact) mass is 343 g/mol. The maximum Gasteiger partial charge on any atom is 0.320 e. The molecule has 0 aromatic carbocycles. The number of urea groups is 1. The van der Waals surface area contributed by atoms with Gasteiger partial charge in [0.2, 0.25) is 0 Å². The molecule has 3 rings (SSSR count). The normalized spacial score (nSPS) is 20.2. The number of amides is 2. The van der Waals surface area contributed by atoms with Crippen molar-refractivity contribution < 1.29 is 9.90 Å². The number of nitrogens with zero attached hydrogens (tertiary/aromatic N) is 3. The van der Waals surface area contributed by atoms with E-state index in [0.717, 1.165) is 37.8 Å². The highest BCUT2D eigenvalue weighted by atomic mass is 16.3. The fourth-order valence-corrected chi connectivity index (χ4v) is 3.26. The SMILES string of the molecule is O=C(Nc1ccn(CCc2ccccn2)n1)N[C@@H]1CCCC[C@@H]1CO. The van der Waals surface area contributed by atoms with Gasteiger partial charge in [-0.1, -0.05) is 18.9 Å². The summed E-state index contributed by atoms with van der Waals surface area (Å²) in [5, 5.41) is 19.5. The van der Waals surface area contributed by atoms with Crippen LogP contribution in [0, 0.1) is 5.92 Å². The number of hydrogen-bond acceptors (Lipinski definition) is 4. The summed E-state index contributed by atoms with van der Waals surface area (Å²) >= 11 is 0. The fourth-order valence-electron chi connectivity index (χ4n) is 3.26. The lowest BCUT2D eigenvalue weighted by Gasteiger charge is -2.30. The third-order valence-electron chi connectivity index (χ3n) is 4.67. The van der Waals surface area contributed by atoms with Gasteiger partial charge in [0.1, 0.15) is 0 Å². The molecule has 7 heteroatoms. The number of hydrogen-bond donors (Lipinski definition) is 3. The van der Waals surface area contributed by atoms with Crippen LogP contribution in [0.2, 0.25) is 0 Å². The van der Waals surface area contributed by atoms with Crippen molar-refractivity contribution in [2.45, 2.75) is 44.7 Å². The molecule has 0 aliphatic heterocycles. The molecule has 134 valence electrons. The first-order chi connectivity index (χ1) is 12.2. The topological polar surface area (TPSA) is 92.1 Å². The van der Waals surface area contributed by atoms with E-state index < -0.39 is 0 Å². The number of aliphatic hydroxyl groups is 1. The van der Waals surface area contributed by atoms with Crippen LogP contribution in [-0.4, -0.2) is 38.6 Å². The lowest BCUT2D eigenvalue weighted by molar-refractivity contribution is 0.156. The molecule has 2 atom stereocenters. The third kappa shape index (κ3) is 5.03. The second-order valence-corrected chi connectivity index (χ2v) is 6.47. The number of aromatic nitrogens is 3. The van der Waals surface area contributed by atoms with Crippen LogP contribution < -0.4 is 10.6 Å². The number of nitrogens with one attached hydrogen (secondary N) is 2. The number of aryl methyl sites for hydroxylation is 2. The van der Waals surface area contributed by atoms with E-state index in [1.165, 1.54) is 0 Å². The Bertz CT molecular complexity index is 673. The molecule has 25 heavy (non-hydrogen) atoms. The summed E-state index contributed by atoms with van der Waals surface area (Å²) in [4.78, 5) is 16.5. The first-order valence-corrected chi connectivity index (χ1v) is 8.86. The van der Waals surface area contributed by atoms with Crippen LogP contribution in [-0.2, 0) is 13.0 Å². The number of pyridine rings is 1. The first kappa shape index (κ1) is 17.4. The van der Waals surface area contributed by atoms with Gasteiger partial charge in [-0.25, -0.2) is 4.79 Å². The van der Waals surface area contributed by atoms with Crippen LogP contribution in [0.4, 0.5) is 10.6 Å². The van der Waals surface area contributed by atoms with Crippen LogP contribution in [0.5, 0.6) is 0 Å². The van der Waals surface area contributed by atoms with Crippen molar-refractivity contribution >= 4 is 11.8 Å². The molecule has 2 aromatic heterocycles. The molecule has 0 unspecified atom stereocenters. The van der Waals surface area contributed by atoms with Crippen molar-refractivity contribution in [2.75, 3.05) is 11.9 Å². The van der Waals surface area contributed by atoms with E-state index in [2.05, 4.69) is 20.7 Å². The van der Waals surface area contributed by atoms with Crippen LogP contribution in [0.3, 0.4) is 0 Å². The standard InChI is InChI=1S/C18H25N5O2/c24-13-14-5-1-2-7-16(14)20-18(25)21-17-9-12-23(22-17)11-8-15-6-3-4-10-19-15/h3-4,6,9-10,12,14,16,24H,1-2,5,7-8,11,13H2,(H2,20,21,22,25)/t14-,16-/m1/s1. The molecule has 0 saturated heterocycles. The van der Waals surface area contributed by atoms with E-state index in [1.807, 2.05) is 24.4 Å². The maximum atomic E-state index is 12.2. The van der Waals surface area contributed by atoms with Crippen molar-refractivity contribution in [2.24, 2.45) is 5.92 Å². The van der Waals surface area contributed by atoms with E-state index in [9.17, 15) is 9.90 Å². The van der Waals surface area contributed by atoms with E-state index in [0.29, 0.717) is 12.4 Å². The second-order valence-electron chi connectivity index (χ2n) is 6.47. The Balaban J connectivity index is 1.48. The zero-order valence-corrected chi connectivity index (χ0v) is 14.3. The Morgan fingerprint density at radius 3 is 2.96 bits per heavy atom. The summed E-state index contributed by atoms with van der Waals surface area (Å²) in [6, 6.07) is 7.39. The zero-order chi connectivity index (χ0) is 17.5. The molecule has 0 bridgehead atoms. The highest BCUT2D eigenvalue weighted by Gasteiger charge is 2.25. The molecule has 3 N–H and O–H groups in total. The molecule has 1 fully saturated rings. The Hall–Kier alpha value is -2.41. The number of carbonyl (C=O) groups excluding carboxylic acids is 1. The summed E-state index contributed by atoms with van der Waals surface area (Å²) in [6.07, 6.45) is 8.49. The van der Waals surface area contributed by atoms with Crippen LogP contribution >= 0.6 is 0 Å². The predicted molar refractivity (Wildman–Crippen MR) is 95.2 cm³/mol. The van der Waals surface area contributed by atoms with E-state index >= 15 is 0 Å². The quantitative estimate of drug-likeness (QED) is 0.750. The molecule has 2 aromatic rings. The summed E-state index contributed by atoms with van der Waals surface area (Å²) in [5.74, 6) is 0.672. The molecule has 2 heterocycles. The Morgan fingerprint density at radius 2 is 2.16 bits per heavy atom. The number of aliphatic hydroxyl groups excluding tert-OH is 1. The Morgan fingerprint density at radius 1 is 1.28 bits per heavy atom. The van der Waals surface area contributed by atoms with Crippen molar-refractivity contribution in [3.05, 3.63) is 42.4 Å². The molecule has 7 nitrogen and oxygen atoms in total.